The van der Waals surface area contributed by atoms with E-state index in [-0.39, 0.29) is 6.04 Å². The van der Waals surface area contributed by atoms with Gasteiger partial charge in [0.2, 0.25) is 0 Å². The Morgan fingerprint density at radius 3 is 2.72 bits per heavy atom. The van der Waals surface area contributed by atoms with Crippen molar-refractivity contribution < 1.29 is 0 Å². The predicted octanol–water partition coefficient (Wildman–Crippen LogP) is 2.97. The molecule has 1 aromatic heterocycles. The second kappa shape index (κ2) is 6.03. The van der Waals surface area contributed by atoms with Gasteiger partial charge in [-0.1, -0.05) is 29.8 Å². The minimum absolute atomic E-state index is 0.272. The summed E-state index contributed by atoms with van der Waals surface area (Å²) in [6.07, 6.45) is 3.81. The number of nitrogens with zero attached hydrogens (tertiary/aromatic N) is 2. The lowest BCUT2D eigenvalue weighted by molar-refractivity contribution is 0.536. The van der Waals surface area contributed by atoms with Gasteiger partial charge in [0.15, 0.2) is 0 Å². The molecule has 3 nitrogen and oxygen atoms in total. The minimum atomic E-state index is 0.272. The van der Waals surface area contributed by atoms with E-state index < -0.39 is 0 Å². The number of hydrogen-bond donors (Lipinski definition) is 1. The number of halogens is 1. The summed E-state index contributed by atoms with van der Waals surface area (Å²) in [7, 11) is 3.94. The molecule has 4 heteroatoms. The summed E-state index contributed by atoms with van der Waals surface area (Å²) in [5, 5.41) is 8.33. The summed E-state index contributed by atoms with van der Waals surface area (Å²) in [5.74, 6) is 0. The molecule has 0 amide bonds. The fourth-order valence-corrected chi connectivity index (χ4v) is 2.42. The zero-order valence-electron chi connectivity index (χ0n) is 10.7. The Balaban J connectivity index is 2.07. The van der Waals surface area contributed by atoms with Gasteiger partial charge < -0.3 is 5.32 Å². The third-order valence-electron chi connectivity index (χ3n) is 3.24. The second-order valence-electron chi connectivity index (χ2n) is 4.35. The van der Waals surface area contributed by atoms with Crippen LogP contribution in [0.2, 0.25) is 5.02 Å². The van der Waals surface area contributed by atoms with Crippen LogP contribution >= 0.6 is 11.6 Å². The Morgan fingerprint density at radius 2 is 2.11 bits per heavy atom. The van der Waals surface area contributed by atoms with E-state index in [4.69, 9.17) is 11.6 Å². The number of aryl methyl sites for hydroxylation is 2. The summed E-state index contributed by atoms with van der Waals surface area (Å²) in [4.78, 5) is 0. The molecule has 0 radical (unpaired) electrons. The predicted molar refractivity (Wildman–Crippen MR) is 74.8 cm³/mol. The number of nitrogens with one attached hydrogen (secondary N) is 1. The van der Waals surface area contributed by atoms with E-state index in [1.807, 2.05) is 43.2 Å². The van der Waals surface area contributed by atoms with Crippen LogP contribution in [0, 0.1) is 0 Å². The Bertz CT molecular complexity index is 507. The fourth-order valence-electron chi connectivity index (χ4n) is 2.15. The van der Waals surface area contributed by atoms with Crippen LogP contribution in [0.4, 0.5) is 0 Å². The van der Waals surface area contributed by atoms with E-state index in [1.54, 1.807) is 0 Å². The van der Waals surface area contributed by atoms with Gasteiger partial charge in [-0.25, -0.2) is 0 Å². The van der Waals surface area contributed by atoms with Crippen molar-refractivity contribution in [3.63, 3.8) is 0 Å². The molecule has 0 aliphatic carbocycles. The Labute approximate surface area is 113 Å². The number of hydrogen-bond acceptors (Lipinski definition) is 2. The number of rotatable bonds is 5. The lowest BCUT2D eigenvalue weighted by Gasteiger charge is -2.17. The number of aromatic nitrogens is 2. The second-order valence-corrected chi connectivity index (χ2v) is 4.75. The van der Waals surface area contributed by atoms with Crippen molar-refractivity contribution in [3.8, 4) is 0 Å². The van der Waals surface area contributed by atoms with Crippen LogP contribution in [0.25, 0.3) is 0 Å². The quantitative estimate of drug-likeness (QED) is 0.899. The third-order valence-corrected chi connectivity index (χ3v) is 3.58. The third kappa shape index (κ3) is 2.92. The van der Waals surface area contributed by atoms with Gasteiger partial charge in [-0.15, -0.1) is 0 Å². The highest BCUT2D eigenvalue weighted by atomic mass is 35.5. The zero-order chi connectivity index (χ0) is 13.0. The maximum atomic E-state index is 6.23. The molecular weight excluding hydrogens is 246 g/mol. The lowest BCUT2D eigenvalue weighted by Crippen LogP contribution is -2.18. The average molecular weight is 264 g/mol. The van der Waals surface area contributed by atoms with Gasteiger partial charge >= 0.3 is 0 Å². The summed E-state index contributed by atoms with van der Waals surface area (Å²) in [6, 6.07) is 10.3. The maximum Gasteiger partial charge on any atom is 0.0492 e. The van der Waals surface area contributed by atoms with Gasteiger partial charge in [0.05, 0.1) is 0 Å². The van der Waals surface area contributed by atoms with E-state index in [0.29, 0.717) is 0 Å². The molecule has 0 fully saturated rings. The summed E-state index contributed by atoms with van der Waals surface area (Å²) >= 11 is 6.23. The highest BCUT2D eigenvalue weighted by Gasteiger charge is 2.13. The summed E-state index contributed by atoms with van der Waals surface area (Å²) in [6.45, 7) is 0. The first kappa shape index (κ1) is 13.1. The normalized spacial score (nSPS) is 12.6. The maximum absolute atomic E-state index is 6.23. The lowest BCUT2D eigenvalue weighted by atomic mass is 10.0. The van der Waals surface area contributed by atoms with Crippen LogP contribution in [-0.4, -0.2) is 16.8 Å². The molecule has 0 saturated carbocycles. The molecule has 1 N–H and O–H groups in total. The van der Waals surface area contributed by atoms with E-state index in [1.165, 1.54) is 5.69 Å². The standard InChI is InChI=1S/C14H18ClN3/c1-16-14(12-5-3-4-6-13(12)15)8-7-11-9-10-17-18(11)2/h3-6,9-10,14,16H,7-8H2,1-2H3. The first-order chi connectivity index (χ1) is 8.72. The van der Waals surface area contributed by atoms with Crippen molar-refractivity contribution >= 4 is 11.6 Å². The van der Waals surface area contributed by atoms with Crippen LogP contribution < -0.4 is 5.32 Å². The Kier molecular flexibility index (Phi) is 4.39. The number of benzene rings is 1. The van der Waals surface area contributed by atoms with Gasteiger partial charge in [-0.3, -0.25) is 4.68 Å². The van der Waals surface area contributed by atoms with Gasteiger partial charge in [0.1, 0.15) is 0 Å². The zero-order valence-corrected chi connectivity index (χ0v) is 11.5. The Morgan fingerprint density at radius 1 is 1.33 bits per heavy atom. The van der Waals surface area contributed by atoms with Crippen LogP contribution in [-0.2, 0) is 13.5 Å². The van der Waals surface area contributed by atoms with Gasteiger partial charge in [-0.2, -0.15) is 5.10 Å². The molecule has 0 aliphatic rings. The van der Waals surface area contributed by atoms with Crippen molar-refractivity contribution in [1.82, 2.24) is 15.1 Å². The SMILES string of the molecule is CNC(CCc1ccnn1C)c1ccccc1Cl. The van der Waals surface area contributed by atoms with Gasteiger partial charge in [0.25, 0.3) is 0 Å². The molecule has 2 rings (SSSR count). The monoisotopic (exact) mass is 263 g/mol. The highest BCUT2D eigenvalue weighted by molar-refractivity contribution is 6.31. The van der Waals surface area contributed by atoms with Crippen molar-refractivity contribution in [1.29, 1.82) is 0 Å². The molecule has 0 spiro atoms. The highest BCUT2D eigenvalue weighted by Crippen LogP contribution is 2.25. The van der Waals surface area contributed by atoms with Crippen molar-refractivity contribution in [2.24, 2.45) is 7.05 Å². The molecule has 0 bridgehead atoms. The van der Waals surface area contributed by atoms with Crippen molar-refractivity contribution in [3.05, 3.63) is 52.8 Å². The molecule has 0 saturated heterocycles. The first-order valence-corrected chi connectivity index (χ1v) is 6.48. The van der Waals surface area contributed by atoms with Crippen molar-refractivity contribution in [2.75, 3.05) is 7.05 Å². The summed E-state index contributed by atoms with van der Waals surface area (Å²) in [5.41, 5.74) is 2.39. The molecule has 0 aliphatic heterocycles. The van der Waals surface area contributed by atoms with E-state index in [9.17, 15) is 0 Å². The summed E-state index contributed by atoms with van der Waals surface area (Å²) < 4.78 is 1.92. The molecule has 1 unspecified atom stereocenters. The molecule has 1 heterocycles. The van der Waals surface area contributed by atoms with Gasteiger partial charge in [0, 0.05) is 30.0 Å². The van der Waals surface area contributed by atoms with Crippen molar-refractivity contribution in [2.45, 2.75) is 18.9 Å². The minimum Gasteiger partial charge on any atom is -0.313 e. The van der Waals surface area contributed by atoms with Crippen LogP contribution in [0.1, 0.15) is 23.7 Å². The first-order valence-electron chi connectivity index (χ1n) is 6.11. The smallest absolute Gasteiger partial charge is 0.0492 e. The van der Waals surface area contributed by atoms with E-state index in [0.717, 1.165) is 23.4 Å². The average Bonchev–Trinajstić information content (AvgIpc) is 2.78. The largest absolute Gasteiger partial charge is 0.313 e. The topological polar surface area (TPSA) is 29.9 Å². The molecule has 18 heavy (non-hydrogen) atoms. The molecule has 1 atom stereocenters. The van der Waals surface area contributed by atoms with Gasteiger partial charge in [-0.05, 0) is 37.6 Å². The molecular formula is C14H18ClN3. The van der Waals surface area contributed by atoms with Crippen LogP contribution in [0.15, 0.2) is 36.5 Å². The molecule has 1 aromatic carbocycles. The molecule has 96 valence electrons. The van der Waals surface area contributed by atoms with Crippen LogP contribution in [0.3, 0.4) is 0 Å². The van der Waals surface area contributed by atoms with Crippen LogP contribution in [0.5, 0.6) is 0 Å². The Hall–Kier alpha value is -1.32. The fraction of sp³-hybridized carbons (Fsp3) is 0.357. The van der Waals surface area contributed by atoms with E-state index in [2.05, 4.69) is 22.5 Å². The molecule has 2 aromatic rings. The van der Waals surface area contributed by atoms with E-state index >= 15 is 0 Å².